The van der Waals surface area contributed by atoms with Crippen LogP contribution in [0.4, 0.5) is 0 Å². The number of carbonyl (C=O) groups excluding carboxylic acids is 1. The average molecular weight is 300 g/mol. The molecule has 0 unspecified atom stereocenters. The lowest BCUT2D eigenvalue weighted by molar-refractivity contribution is 0.0932. The minimum Gasteiger partial charge on any atom is -0.493 e. The molecule has 0 radical (unpaired) electrons. The Labute approximate surface area is 125 Å². The Morgan fingerprint density at radius 1 is 1.30 bits per heavy atom. The van der Waals surface area contributed by atoms with Gasteiger partial charge in [0.2, 0.25) is 0 Å². The Bertz CT molecular complexity index is 460. The lowest BCUT2D eigenvalue weighted by Gasteiger charge is -2.24. The lowest BCUT2D eigenvalue weighted by Crippen LogP contribution is -2.34. The molecule has 0 atom stereocenters. The highest BCUT2D eigenvalue weighted by Gasteiger charge is 2.21. The molecule has 1 aromatic carbocycles. The minimum atomic E-state index is -0.177. The van der Waals surface area contributed by atoms with Crippen LogP contribution in [0.25, 0.3) is 0 Å². The standard InChI is InChI=1S/C15H22ClNO3/c1-15(2,8-9-16)10-17-14(18)11-6-5-7-12(19-3)13(11)20-4/h5-7H,8-10H2,1-4H3,(H,17,18). The molecule has 0 aliphatic rings. The number of methoxy groups -OCH3 is 2. The first-order valence-corrected chi connectivity index (χ1v) is 7.04. The Kier molecular flexibility index (Phi) is 6.14. The predicted octanol–water partition coefficient (Wildman–Crippen LogP) is 3.09. The molecule has 1 N–H and O–H groups in total. The van der Waals surface area contributed by atoms with Crippen molar-refractivity contribution in [2.75, 3.05) is 26.6 Å². The van der Waals surface area contributed by atoms with Gasteiger partial charge in [-0.25, -0.2) is 0 Å². The van der Waals surface area contributed by atoms with E-state index in [2.05, 4.69) is 19.2 Å². The Hall–Kier alpha value is -1.42. The number of carbonyl (C=O) groups is 1. The highest BCUT2D eigenvalue weighted by atomic mass is 35.5. The van der Waals surface area contributed by atoms with Gasteiger partial charge in [0.05, 0.1) is 19.8 Å². The van der Waals surface area contributed by atoms with E-state index in [1.54, 1.807) is 25.3 Å². The molecule has 0 aromatic heterocycles. The van der Waals surface area contributed by atoms with E-state index in [1.807, 2.05) is 0 Å². The fourth-order valence-corrected chi connectivity index (χ4v) is 2.34. The zero-order valence-electron chi connectivity index (χ0n) is 12.5. The van der Waals surface area contributed by atoms with Gasteiger partial charge in [0.1, 0.15) is 0 Å². The predicted molar refractivity (Wildman–Crippen MR) is 81.0 cm³/mol. The van der Waals surface area contributed by atoms with Crippen LogP contribution < -0.4 is 14.8 Å². The molecule has 0 aliphatic carbocycles. The summed E-state index contributed by atoms with van der Waals surface area (Å²) in [5.41, 5.74) is 0.428. The first-order valence-electron chi connectivity index (χ1n) is 6.50. The fraction of sp³-hybridized carbons (Fsp3) is 0.533. The highest BCUT2D eigenvalue weighted by molar-refractivity contribution is 6.17. The van der Waals surface area contributed by atoms with Crippen LogP contribution in [0.3, 0.4) is 0 Å². The molecule has 0 fully saturated rings. The first kappa shape index (κ1) is 16.6. The molecule has 0 saturated heterocycles. The van der Waals surface area contributed by atoms with Gasteiger partial charge in [-0.05, 0) is 24.0 Å². The second-order valence-corrected chi connectivity index (χ2v) is 5.70. The van der Waals surface area contributed by atoms with E-state index >= 15 is 0 Å². The molecule has 5 heteroatoms. The van der Waals surface area contributed by atoms with Crippen LogP contribution in [0.5, 0.6) is 11.5 Å². The van der Waals surface area contributed by atoms with Crippen molar-refractivity contribution in [1.29, 1.82) is 0 Å². The summed E-state index contributed by atoms with van der Waals surface area (Å²) in [4.78, 5) is 12.3. The molecule has 0 spiro atoms. The maximum atomic E-state index is 12.3. The van der Waals surface area contributed by atoms with Crippen molar-refractivity contribution in [3.63, 3.8) is 0 Å². The van der Waals surface area contributed by atoms with Gasteiger partial charge in [-0.2, -0.15) is 0 Å². The summed E-state index contributed by atoms with van der Waals surface area (Å²) >= 11 is 5.76. The third kappa shape index (κ3) is 4.30. The minimum absolute atomic E-state index is 0.0382. The van der Waals surface area contributed by atoms with E-state index < -0.39 is 0 Å². The van der Waals surface area contributed by atoms with Gasteiger partial charge in [-0.1, -0.05) is 19.9 Å². The maximum Gasteiger partial charge on any atom is 0.255 e. The van der Waals surface area contributed by atoms with Gasteiger partial charge in [0.25, 0.3) is 5.91 Å². The molecule has 20 heavy (non-hydrogen) atoms. The SMILES string of the molecule is COc1cccc(C(=O)NCC(C)(C)CCCl)c1OC. The van der Waals surface area contributed by atoms with E-state index in [0.29, 0.717) is 29.5 Å². The zero-order chi connectivity index (χ0) is 15.2. The smallest absolute Gasteiger partial charge is 0.255 e. The van der Waals surface area contributed by atoms with Gasteiger partial charge in [0, 0.05) is 12.4 Å². The molecule has 112 valence electrons. The summed E-state index contributed by atoms with van der Waals surface area (Å²) in [6, 6.07) is 5.23. The summed E-state index contributed by atoms with van der Waals surface area (Å²) in [7, 11) is 3.06. The van der Waals surface area contributed by atoms with Gasteiger partial charge in [-0.3, -0.25) is 4.79 Å². The average Bonchev–Trinajstić information content (AvgIpc) is 2.43. The Morgan fingerprint density at radius 2 is 2.00 bits per heavy atom. The highest BCUT2D eigenvalue weighted by Crippen LogP contribution is 2.30. The molecule has 4 nitrogen and oxygen atoms in total. The molecule has 1 amide bonds. The van der Waals surface area contributed by atoms with Crippen LogP contribution in [0.2, 0.25) is 0 Å². The second kappa shape index (κ2) is 7.39. The van der Waals surface area contributed by atoms with Crippen molar-refractivity contribution in [1.82, 2.24) is 5.32 Å². The van der Waals surface area contributed by atoms with Crippen LogP contribution >= 0.6 is 11.6 Å². The van der Waals surface area contributed by atoms with E-state index in [-0.39, 0.29) is 11.3 Å². The van der Waals surface area contributed by atoms with Gasteiger partial charge in [0.15, 0.2) is 11.5 Å². The molecule has 0 heterocycles. The molecular formula is C15H22ClNO3. The van der Waals surface area contributed by atoms with E-state index in [9.17, 15) is 4.79 Å². The summed E-state index contributed by atoms with van der Waals surface area (Å²) in [6.45, 7) is 4.69. The summed E-state index contributed by atoms with van der Waals surface area (Å²) in [6.07, 6.45) is 0.837. The number of ether oxygens (including phenoxy) is 2. The van der Waals surface area contributed by atoms with Crippen LogP contribution in [0.1, 0.15) is 30.6 Å². The molecular weight excluding hydrogens is 278 g/mol. The van der Waals surface area contributed by atoms with Gasteiger partial charge < -0.3 is 14.8 Å². The number of halogens is 1. The van der Waals surface area contributed by atoms with E-state index in [1.165, 1.54) is 7.11 Å². The van der Waals surface area contributed by atoms with Crippen molar-refractivity contribution in [3.8, 4) is 11.5 Å². The second-order valence-electron chi connectivity index (χ2n) is 5.33. The van der Waals surface area contributed by atoms with Crippen LogP contribution in [0.15, 0.2) is 18.2 Å². The Balaban J connectivity index is 2.83. The van der Waals surface area contributed by atoms with Gasteiger partial charge in [-0.15, -0.1) is 11.6 Å². The van der Waals surface area contributed by atoms with Crippen molar-refractivity contribution in [3.05, 3.63) is 23.8 Å². The zero-order valence-corrected chi connectivity index (χ0v) is 13.2. The number of rotatable bonds is 7. The summed E-state index contributed by atoms with van der Waals surface area (Å²) < 4.78 is 10.4. The number of nitrogens with one attached hydrogen (secondary N) is 1. The maximum absolute atomic E-state index is 12.3. The third-order valence-corrected chi connectivity index (χ3v) is 3.34. The number of alkyl halides is 1. The molecule has 1 rings (SSSR count). The van der Waals surface area contributed by atoms with Gasteiger partial charge >= 0.3 is 0 Å². The first-order chi connectivity index (χ1) is 9.45. The number of hydrogen-bond acceptors (Lipinski definition) is 3. The topological polar surface area (TPSA) is 47.6 Å². The largest absolute Gasteiger partial charge is 0.493 e. The molecule has 0 bridgehead atoms. The molecule has 0 aliphatic heterocycles. The normalized spacial score (nSPS) is 11.1. The molecule has 1 aromatic rings. The van der Waals surface area contributed by atoms with Crippen LogP contribution in [-0.4, -0.2) is 32.6 Å². The Morgan fingerprint density at radius 3 is 2.55 bits per heavy atom. The van der Waals surface area contributed by atoms with E-state index in [0.717, 1.165) is 6.42 Å². The van der Waals surface area contributed by atoms with E-state index in [4.69, 9.17) is 21.1 Å². The van der Waals surface area contributed by atoms with Crippen LogP contribution in [0, 0.1) is 5.41 Å². The lowest BCUT2D eigenvalue weighted by atomic mass is 9.90. The van der Waals surface area contributed by atoms with Crippen LogP contribution in [-0.2, 0) is 0 Å². The number of hydrogen-bond donors (Lipinski definition) is 1. The third-order valence-electron chi connectivity index (χ3n) is 3.15. The van der Waals surface area contributed by atoms with Crippen molar-refractivity contribution in [2.45, 2.75) is 20.3 Å². The van der Waals surface area contributed by atoms with Crippen molar-refractivity contribution >= 4 is 17.5 Å². The summed E-state index contributed by atoms with van der Waals surface area (Å²) in [5, 5.41) is 2.92. The number of benzene rings is 1. The number of amides is 1. The summed E-state index contributed by atoms with van der Waals surface area (Å²) in [5.74, 6) is 1.39. The quantitative estimate of drug-likeness (QED) is 0.787. The van der Waals surface area contributed by atoms with Crippen molar-refractivity contribution < 1.29 is 14.3 Å². The monoisotopic (exact) mass is 299 g/mol. The molecule has 0 saturated carbocycles. The fourth-order valence-electron chi connectivity index (χ4n) is 1.82. The number of para-hydroxylation sites is 1. The van der Waals surface area contributed by atoms with Crippen molar-refractivity contribution in [2.24, 2.45) is 5.41 Å².